The lowest BCUT2D eigenvalue weighted by Gasteiger charge is -2.18. The summed E-state index contributed by atoms with van der Waals surface area (Å²) in [5, 5.41) is 0. The number of hydrogen-bond acceptors (Lipinski definition) is 1. The molecular formula is C11H11F6NOS. The van der Waals surface area contributed by atoms with Crippen molar-refractivity contribution in [2.75, 3.05) is 0 Å². The summed E-state index contributed by atoms with van der Waals surface area (Å²) < 4.78 is 88.5. The second kappa shape index (κ2) is 5.72. The predicted octanol–water partition coefficient (Wildman–Crippen LogP) is 3.58. The fraction of sp³-hybridized carbons (Fsp3) is 0.455. The number of aryl methyl sites for hydroxylation is 1. The van der Waals surface area contributed by atoms with E-state index in [4.69, 9.17) is 0 Å². The smallest absolute Gasteiger partial charge is 0.237 e. The number of halogens is 6. The molecule has 0 aliphatic carbocycles. The monoisotopic (exact) mass is 319 g/mol. The molecule has 2 atom stereocenters. The van der Waals surface area contributed by atoms with Crippen LogP contribution >= 0.6 is 0 Å². The molecule has 0 radical (unpaired) electrons. The van der Waals surface area contributed by atoms with Crippen molar-refractivity contribution in [1.29, 1.82) is 0 Å². The van der Waals surface area contributed by atoms with Gasteiger partial charge in [-0.05, 0) is 26.0 Å². The molecule has 0 bridgehead atoms. The lowest BCUT2D eigenvalue weighted by atomic mass is 10.1. The molecule has 0 fully saturated rings. The first-order valence-electron chi connectivity index (χ1n) is 5.35. The van der Waals surface area contributed by atoms with Crippen LogP contribution in [0.1, 0.15) is 18.1 Å². The van der Waals surface area contributed by atoms with E-state index in [1.54, 1.807) is 4.72 Å². The van der Waals surface area contributed by atoms with Crippen LogP contribution in [0.4, 0.5) is 26.3 Å². The zero-order valence-electron chi connectivity index (χ0n) is 10.4. The van der Waals surface area contributed by atoms with Gasteiger partial charge in [-0.15, -0.1) is 0 Å². The van der Waals surface area contributed by atoms with E-state index in [-0.39, 0.29) is 5.56 Å². The summed E-state index contributed by atoms with van der Waals surface area (Å²) in [6.45, 7) is 2.08. The summed E-state index contributed by atoms with van der Waals surface area (Å²) >= 11 is 0. The summed E-state index contributed by atoms with van der Waals surface area (Å²) in [6.07, 6.45) is -9.49. The average molecular weight is 319 g/mol. The van der Waals surface area contributed by atoms with Crippen molar-refractivity contribution < 1.29 is 30.6 Å². The van der Waals surface area contributed by atoms with E-state index in [2.05, 4.69) is 0 Å². The maximum atomic E-state index is 12.8. The molecule has 0 aliphatic rings. The molecule has 0 spiro atoms. The van der Waals surface area contributed by atoms with Crippen LogP contribution in [0.5, 0.6) is 0 Å². The van der Waals surface area contributed by atoms with E-state index >= 15 is 0 Å². The van der Waals surface area contributed by atoms with Gasteiger partial charge in [-0.2, -0.15) is 26.3 Å². The van der Waals surface area contributed by atoms with Gasteiger partial charge in [-0.3, -0.25) is 0 Å². The van der Waals surface area contributed by atoms with Gasteiger partial charge in [0.15, 0.2) is 0 Å². The normalized spacial score (nSPS) is 16.0. The SMILES string of the molecule is Cc1ccc(S(=O)NC(C)C(F)(F)F)c(C(F)(F)F)c1. The van der Waals surface area contributed by atoms with Gasteiger partial charge in [0.05, 0.1) is 10.5 Å². The molecule has 0 saturated carbocycles. The minimum absolute atomic E-state index is 0.266. The Balaban J connectivity index is 3.11. The van der Waals surface area contributed by atoms with Crippen molar-refractivity contribution in [1.82, 2.24) is 4.72 Å². The second-order valence-electron chi connectivity index (χ2n) is 4.15. The topological polar surface area (TPSA) is 29.1 Å². The minimum Gasteiger partial charge on any atom is -0.237 e. The fourth-order valence-electron chi connectivity index (χ4n) is 1.32. The van der Waals surface area contributed by atoms with Gasteiger partial charge in [0.1, 0.15) is 17.0 Å². The molecule has 1 rings (SSSR count). The number of nitrogens with one attached hydrogen (secondary N) is 1. The molecule has 2 unspecified atom stereocenters. The summed E-state index contributed by atoms with van der Waals surface area (Å²) in [5.74, 6) is 0. The Hall–Kier alpha value is -1.09. The molecule has 9 heteroatoms. The van der Waals surface area contributed by atoms with Crippen LogP contribution in [-0.4, -0.2) is 16.4 Å². The first kappa shape index (κ1) is 17.0. The molecule has 1 N–H and O–H groups in total. The highest BCUT2D eigenvalue weighted by Crippen LogP contribution is 2.34. The quantitative estimate of drug-likeness (QED) is 0.848. The van der Waals surface area contributed by atoms with Crippen LogP contribution in [-0.2, 0) is 17.2 Å². The summed E-state index contributed by atoms with van der Waals surface area (Å²) in [4.78, 5) is -0.723. The Kier molecular flexibility index (Phi) is 4.86. The van der Waals surface area contributed by atoms with E-state index in [0.29, 0.717) is 6.92 Å². The highest BCUT2D eigenvalue weighted by Gasteiger charge is 2.39. The maximum Gasteiger partial charge on any atom is 0.417 e. The van der Waals surface area contributed by atoms with Crippen molar-refractivity contribution in [3.8, 4) is 0 Å². The van der Waals surface area contributed by atoms with Crippen molar-refractivity contribution >= 4 is 11.0 Å². The molecule has 2 nitrogen and oxygen atoms in total. The lowest BCUT2D eigenvalue weighted by molar-refractivity contribution is -0.146. The number of benzene rings is 1. The molecule has 0 aromatic heterocycles. The molecule has 0 saturated heterocycles. The van der Waals surface area contributed by atoms with Crippen molar-refractivity contribution in [2.24, 2.45) is 0 Å². The zero-order valence-corrected chi connectivity index (χ0v) is 11.2. The van der Waals surface area contributed by atoms with Gasteiger partial charge in [0.25, 0.3) is 0 Å². The minimum atomic E-state index is -4.79. The zero-order chi connectivity index (χ0) is 15.7. The number of rotatable bonds is 3. The molecule has 20 heavy (non-hydrogen) atoms. The Morgan fingerprint density at radius 3 is 2.15 bits per heavy atom. The molecule has 0 aliphatic heterocycles. The van der Waals surface area contributed by atoms with E-state index in [1.807, 2.05) is 0 Å². The highest BCUT2D eigenvalue weighted by atomic mass is 32.2. The molecular weight excluding hydrogens is 308 g/mol. The van der Waals surface area contributed by atoms with E-state index in [1.165, 1.54) is 13.0 Å². The standard InChI is InChI=1S/C11H11F6NOS/c1-6-3-4-9(8(5-6)11(15,16)17)20(19)18-7(2)10(12,13)14/h3-5,7,18H,1-2H3. The first-order chi connectivity index (χ1) is 8.93. The third-order valence-electron chi connectivity index (χ3n) is 2.42. The Morgan fingerprint density at radius 1 is 1.15 bits per heavy atom. The van der Waals surface area contributed by atoms with Crippen molar-refractivity contribution in [3.05, 3.63) is 29.3 Å². The molecule has 114 valence electrons. The third kappa shape index (κ3) is 4.20. The summed E-state index contributed by atoms with van der Waals surface area (Å²) in [6, 6.07) is 0.714. The van der Waals surface area contributed by atoms with Crippen LogP contribution in [0.15, 0.2) is 23.1 Å². The van der Waals surface area contributed by atoms with Crippen LogP contribution in [0.25, 0.3) is 0 Å². The Labute approximate surface area is 113 Å². The van der Waals surface area contributed by atoms with Crippen LogP contribution < -0.4 is 4.72 Å². The fourth-order valence-corrected chi connectivity index (χ4v) is 2.47. The van der Waals surface area contributed by atoms with Gasteiger partial charge in [0, 0.05) is 0 Å². The first-order valence-corrected chi connectivity index (χ1v) is 6.50. The van der Waals surface area contributed by atoms with Crippen LogP contribution in [0.3, 0.4) is 0 Å². The average Bonchev–Trinajstić information content (AvgIpc) is 2.26. The highest BCUT2D eigenvalue weighted by molar-refractivity contribution is 7.83. The predicted molar refractivity (Wildman–Crippen MR) is 61.2 cm³/mol. The van der Waals surface area contributed by atoms with Crippen molar-refractivity contribution in [2.45, 2.75) is 37.1 Å². The van der Waals surface area contributed by atoms with E-state index in [0.717, 1.165) is 12.1 Å². The molecule has 1 aromatic rings. The largest absolute Gasteiger partial charge is 0.417 e. The van der Waals surface area contributed by atoms with Gasteiger partial charge in [0.2, 0.25) is 0 Å². The lowest BCUT2D eigenvalue weighted by Crippen LogP contribution is -2.40. The Morgan fingerprint density at radius 2 is 1.70 bits per heavy atom. The maximum absolute atomic E-state index is 12.8. The summed E-state index contributed by atoms with van der Waals surface area (Å²) in [7, 11) is -2.62. The van der Waals surface area contributed by atoms with E-state index < -0.39 is 39.8 Å². The van der Waals surface area contributed by atoms with E-state index in [9.17, 15) is 30.6 Å². The number of alkyl halides is 6. The second-order valence-corrected chi connectivity index (χ2v) is 5.36. The molecule has 0 amide bonds. The van der Waals surface area contributed by atoms with Crippen LogP contribution in [0.2, 0.25) is 0 Å². The summed E-state index contributed by atoms with van der Waals surface area (Å²) in [5.41, 5.74) is -0.945. The van der Waals surface area contributed by atoms with Gasteiger partial charge in [-0.1, -0.05) is 11.6 Å². The number of hydrogen-bond donors (Lipinski definition) is 1. The van der Waals surface area contributed by atoms with Crippen molar-refractivity contribution in [3.63, 3.8) is 0 Å². The Bertz CT molecular complexity index is 511. The van der Waals surface area contributed by atoms with Gasteiger partial charge in [-0.25, -0.2) is 8.93 Å². The molecule has 0 heterocycles. The third-order valence-corrected chi connectivity index (χ3v) is 3.74. The molecule has 1 aromatic carbocycles. The van der Waals surface area contributed by atoms with Crippen LogP contribution in [0, 0.1) is 6.92 Å². The van der Waals surface area contributed by atoms with Gasteiger partial charge < -0.3 is 0 Å². The van der Waals surface area contributed by atoms with Gasteiger partial charge >= 0.3 is 12.4 Å².